The van der Waals surface area contributed by atoms with Crippen molar-refractivity contribution in [3.63, 3.8) is 0 Å². The molecule has 2 aliphatic heterocycles. The van der Waals surface area contributed by atoms with E-state index in [1.165, 1.54) is 0 Å². The van der Waals surface area contributed by atoms with Crippen LogP contribution in [0.5, 0.6) is 17.2 Å². The van der Waals surface area contributed by atoms with E-state index in [2.05, 4.69) is 10.3 Å². The molecule has 188 valence electrons. The third-order valence-electron chi connectivity index (χ3n) is 6.83. The average Bonchev–Trinajstić information content (AvgIpc) is 3.29. The van der Waals surface area contributed by atoms with Gasteiger partial charge in [-0.25, -0.2) is 0 Å². The number of rotatable bonds is 8. The van der Waals surface area contributed by atoms with Crippen LogP contribution in [0.25, 0.3) is 0 Å². The number of hydrogen-bond donors (Lipinski definition) is 1. The second-order valence-corrected chi connectivity index (χ2v) is 8.98. The Hall–Kier alpha value is -3.33. The molecule has 2 amide bonds. The molecule has 2 fully saturated rings. The number of carbonyl (C=O) groups excluding carboxylic acids is 2. The van der Waals surface area contributed by atoms with Crippen LogP contribution in [0, 0.1) is 0 Å². The summed E-state index contributed by atoms with van der Waals surface area (Å²) in [6.07, 6.45) is 5.24. The van der Waals surface area contributed by atoms with Gasteiger partial charge in [0.1, 0.15) is 5.69 Å². The van der Waals surface area contributed by atoms with Crippen molar-refractivity contribution < 1.29 is 28.5 Å². The predicted molar refractivity (Wildman–Crippen MR) is 129 cm³/mol. The Bertz CT molecular complexity index is 1010. The second kappa shape index (κ2) is 10.9. The maximum absolute atomic E-state index is 13.0. The van der Waals surface area contributed by atoms with Crippen molar-refractivity contribution in [2.75, 3.05) is 41.0 Å². The number of methoxy groups -OCH3 is 3. The van der Waals surface area contributed by atoms with Gasteiger partial charge in [-0.15, -0.1) is 0 Å². The van der Waals surface area contributed by atoms with Crippen molar-refractivity contribution in [3.05, 3.63) is 47.8 Å². The molecule has 0 saturated carbocycles. The number of likely N-dealkylation sites (tertiary alicyclic amines) is 1. The first-order valence-electron chi connectivity index (χ1n) is 11.9. The number of nitrogens with zero attached hydrogens (tertiary/aromatic N) is 2. The van der Waals surface area contributed by atoms with Gasteiger partial charge in [-0.2, -0.15) is 0 Å². The van der Waals surface area contributed by atoms with Crippen LogP contribution >= 0.6 is 0 Å². The van der Waals surface area contributed by atoms with Crippen molar-refractivity contribution in [2.45, 2.75) is 43.8 Å². The Kier molecular flexibility index (Phi) is 7.75. The number of aromatic nitrogens is 1. The highest BCUT2D eigenvalue weighted by Gasteiger charge is 2.43. The first-order chi connectivity index (χ1) is 17.0. The molecule has 1 N–H and O–H groups in total. The Morgan fingerprint density at radius 1 is 1.09 bits per heavy atom. The van der Waals surface area contributed by atoms with E-state index >= 15 is 0 Å². The Balaban J connectivity index is 1.28. The zero-order valence-electron chi connectivity index (χ0n) is 20.5. The lowest BCUT2D eigenvalue weighted by Gasteiger charge is -2.39. The summed E-state index contributed by atoms with van der Waals surface area (Å²) in [4.78, 5) is 31.3. The molecule has 35 heavy (non-hydrogen) atoms. The normalized spacial score (nSPS) is 18.8. The fourth-order valence-corrected chi connectivity index (χ4v) is 4.89. The lowest BCUT2D eigenvalue weighted by molar-refractivity contribution is -0.136. The molecule has 1 spiro atoms. The summed E-state index contributed by atoms with van der Waals surface area (Å²) in [7, 11) is 4.68. The molecule has 1 aromatic heterocycles. The Labute approximate surface area is 205 Å². The third kappa shape index (κ3) is 5.67. The van der Waals surface area contributed by atoms with Crippen molar-refractivity contribution in [1.82, 2.24) is 15.2 Å². The molecule has 2 aliphatic rings. The van der Waals surface area contributed by atoms with Crippen LogP contribution in [0.3, 0.4) is 0 Å². The van der Waals surface area contributed by atoms with E-state index in [-0.39, 0.29) is 29.9 Å². The van der Waals surface area contributed by atoms with Gasteiger partial charge in [-0.3, -0.25) is 14.6 Å². The molecular formula is C26H33N3O6. The van der Waals surface area contributed by atoms with Gasteiger partial charge in [0, 0.05) is 25.8 Å². The molecule has 0 radical (unpaired) electrons. The van der Waals surface area contributed by atoms with Gasteiger partial charge in [-0.05, 0) is 55.5 Å². The zero-order chi connectivity index (χ0) is 24.8. The molecule has 0 bridgehead atoms. The van der Waals surface area contributed by atoms with Crippen LogP contribution in [-0.4, -0.2) is 74.4 Å². The van der Waals surface area contributed by atoms with Crippen molar-refractivity contribution in [2.24, 2.45) is 0 Å². The maximum Gasteiger partial charge on any atom is 0.269 e. The van der Waals surface area contributed by atoms with E-state index in [4.69, 9.17) is 18.9 Å². The quantitative estimate of drug-likeness (QED) is 0.616. The van der Waals surface area contributed by atoms with E-state index in [0.717, 1.165) is 31.2 Å². The largest absolute Gasteiger partial charge is 0.493 e. The highest BCUT2D eigenvalue weighted by Crippen LogP contribution is 2.40. The van der Waals surface area contributed by atoms with Crippen LogP contribution in [-0.2, 0) is 16.0 Å². The van der Waals surface area contributed by atoms with Crippen LogP contribution in [0.2, 0.25) is 0 Å². The van der Waals surface area contributed by atoms with Crippen molar-refractivity contribution in [3.8, 4) is 17.2 Å². The third-order valence-corrected chi connectivity index (χ3v) is 6.83. The number of pyridine rings is 1. The van der Waals surface area contributed by atoms with Crippen molar-refractivity contribution >= 4 is 11.8 Å². The summed E-state index contributed by atoms with van der Waals surface area (Å²) in [5.41, 5.74) is 0.994. The van der Waals surface area contributed by atoms with Crippen LogP contribution in [0.15, 0.2) is 36.5 Å². The van der Waals surface area contributed by atoms with Gasteiger partial charge in [-0.1, -0.05) is 6.07 Å². The number of piperidine rings is 1. The van der Waals surface area contributed by atoms with Crippen molar-refractivity contribution in [1.29, 1.82) is 0 Å². The number of hydrogen-bond acceptors (Lipinski definition) is 7. The molecule has 0 aliphatic carbocycles. The summed E-state index contributed by atoms with van der Waals surface area (Å²) >= 11 is 0. The molecule has 4 rings (SSSR count). The highest BCUT2D eigenvalue weighted by molar-refractivity contribution is 5.92. The minimum atomic E-state index is -0.219. The molecule has 9 nitrogen and oxygen atoms in total. The number of benzene rings is 1. The molecule has 2 aromatic rings. The second-order valence-electron chi connectivity index (χ2n) is 8.98. The molecule has 9 heteroatoms. The van der Waals surface area contributed by atoms with E-state index < -0.39 is 0 Å². The summed E-state index contributed by atoms with van der Waals surface area (Å²) in [6.45, 7) is 1.76. The summed E-state index contributed by atoms with van der Waals surface area (Å²) in [5, 5.41) is 2.92. The standard InChI is InChI=1S/C26H33N3O6/c1-32-21-14-18(15-22(33-2)24(21)34-3)16-23(30)29-12-9-26(10-13-29)8-7-19(35-26)17-28-25(31)20-6-4-5-11-27-20/h4-6,11,14-15,19H,7-10,12-13,16-17H2,1-3H3,(H,28,31)/t19-/m1/s1. The first kappa shape index (κ1) is 24.8. The zero-order valence-corrected chi connectivity index (χ0v) is 20.5. The van der Waals surface area contributed by atoms with E-state index in [1.54, 1.807) is 45.7 Å². The Morgan fingerprint density at radius 2 is 1.80 bits per heavy atom. The van der Waals surface area contributed by atoms with Gasteiger partial charge in [0.2, 0.25) is 11.7 Å². The van der Waals surface area contributed by atoms with E-state index in [9.17, 15) is 9.59 Å². The minimum Gasteiger partial charge on any atom is -0.493 e. The SMILES string of the molecule is COc1cc(CC(=O)N2CCC3(CC[C@H](CNC(=O)c4ccccn4)O3)CC2)cc(OC)c1OC. The van der Waals surface area contributed by atoms with Crippen LogP contribution < -0.4 is 19.5 Å². The first-order valence-corrected chi connectivity index (χ1v) is 11.9. The smallest absolute Gasteiger partial charge is 0.269 e. The van der Waals surface area contributed by atoms with Gasteiger partial charge in [0.25, 0.3) is 5.91 Å². The molecular weight excluding hydrogens is 450 g/mol. The van der Waals surface area contributed by atoms with E-state index in [1.807, 2.05) is 17.0 Å². The van der Waals surface area contributed by atoms with Gasteiger partial charge < -0.3 is 29.2 Å². The van der Waals surface area contributed by atoms with Gasteiger partial charge >= 0.3 is 0 Å². The summed E-state index contributed by atoms with van der Waals surface area (Å²) < 4.78 is 22.6. The van der Waals surface area contributed by atoms with Gasteiger partial charge in [0.05, 0.1) is 39.5 Å². The Morgan fingerprint density at radius 3 is 2.40 bits per heavy atom. The topological polar surface area (TPSA) is 99.2 Å². The maximum atomic E-state index is 13.0. The van der Waals surface area contributed by atoms with E-state index in [0.29, 0.717) is 42.6 Å². The number of amides is 2. The lowest BCUT2D eigenvalue weighted by Crippen LogP contribution is -2.47. The lowest BCUT2D eigenvalue weighted by atomic mass is 9.88. The molecule has 0 unspecified atom stereocenters. The number of ether oxygens (including phenoxy) is 4. The number of nitrogens with one attached hydrogen (secondary N) is 1. The molecule has 2 saturated heterocycles. The summed E-state index contributed by atoms with van der Waals surface area (Å²) in [5.74, 6) is 1.45. The molecule has 1 atom stereocenters. The fraction of sp³-hybridized carbons (Fsp3) is 0.500. The summed E-state index contributed by atoms with van der Waals surface area (Å²) in [6, 6.07) is 8.89. The van der Waals surface area contributed by atoms with Crippen LogP contribution in [0.1, 0.15) is 41.7 Å². The fourth-order valence-electron chi connectivity index (χ4n) is 4.89. The predicted octanol–water partition coefficient (Wildman–Crippen LogP) is 2.62. The monoisotopic (exact) mass is 483 g/mol. The molecule has 3 heterocycles. The van der Waals surface area contributed by atoms with Gasteiger partial charge in [0.15, 0.2) is 11.5 Å². The number of carbonyl (C=O) groups is 2. The average molecular weight is 484 g/mol. The molecule has 1 aromatic carbocycles. The minimum absolute atomic E-state index is 0.0239. The highest BCUT2D eigenvalue weighted by atomic mass is 16.5. The van der Waals surface area contributed by atoms with Crippen LogP contribution in [0.4, 0.5) is 0 Å².